The first-order valence-corrected chi connectivity index (χ1v) is 15.7. The molecule has 2 unspecified atom stereocenters. The Labute approximate surface area is 283 Å². The van der Waals surface area contributed by atoms with Crippen molar-refractivity contribution in [3.8, 4) is 0 Å². The number of carbonyl (C=O) groups is 2. The third-order valence-corrected chi connectivity index (χ3v) is 7.94. The van der Waals surface area contributed by atoms with E-state index in [-0.39, 0.29) is 53.7 Å². The predicted octanol–water partition coefficient (Wildman–Crippen LogP) is 7.38. The molecule has 1 aliphatic rings. The number of carbonyl (C=O) groups excluding carboxylic acids is 2. The number of amides is 2. The van der Waals surface area contributed by atoms with Crippen LogP contribution >= 0.6 is 23.4 Å². The van der Waals surface area contributed by atoms with Crippen molar-refractivity contribution < 1.29 is 53.5 Å². The van der Waals surface area contributed by atoms with Crippen LogP contribution < -0.4 is 16.5 Å². The van der Waals surface area contributed by atoms with Gasteiger partial charge in [-0.2, -0.15) is 55.7 Å². The summed E-state index contributed by atoms with van der Waals surface area (Å²) in [5.74, 6) is -9.85. The van der Waals surface area contributed by atoms with Gasteiger partial charge in [0.15, 0.2) is 0 Å². The molecule has 0 spiro atoms. The van der Waals surface area contributed by atoms with Crippen LogP contribution in [0.2, 0.25) is 5.02 Å². The fourth-order valence-corrected chi connectivity index (χ4v) is 5.09. The molecule has 0 bridgehead atoms. The van der Waals surface area contributed by atoms with Crippen molar-refractivity contribution in [1.82, 2.24) is 20.3 Å². The maximum absolute atomic E-state index is 13.8. The molecule has 1 aromatic heterocycles. The van der Waals surface area contributed by atoms with Crippen molar-refractivity contribution in [2.75, 3.05) is 17.3 Å². The highest BCUT2D eigenvalue weighted by atomic mass is 35.5. The summed E-state index contributed by atoms with van der Waals surface area (Å²) in [6.45, 7) is 2.28. The Morgan fingerprint density at radius 2 is 1.71 bits per heavy atom. The molecule has 0 fully saturated rings. The monoisotopic (exact) mass is 752 g/mol. The molecule has 3 rings (SSSR count). The summed E-state index contributed by atoms with van der Waals surface area (Å²) in [6.07, 6.45) is -6.73. The number of hydrazine groups is 1. The van der Waals surface area contributed by atoms with E-state index in [0.29, 0.717) is 10.6 Å². The molecule has 1 heterocycles. The third kappa shape index (κ3) is 10.7. The van der Waals surface area contributed by atoms with Gasteiger partial charge in [-0.1, -0.05) is 36.7 Å². The smallest absolute Gasteiger partial charge is 0.345 e. The minimum Gasteiger partial charge on any atom is -0.345 e. The molecule has 2 aromatic rings. The molecular formula is C29H31ClF10N6O2S. The van der Waals surface area contributed by atoms with Gasteiger partial charge in [0.05, 0.1) is 46.7 Å². The zero-order valence-electron chi connectivity index (χ0n) is 26.1. The number of aryl methyl sites for hydroxylation is 2. The molecule has 0 aliphatic heterocycles. The lowest BCUT2D eigenvalue weighted by Gasteiger charge is -2.33. The fourth-order valence-electron chi connectivity index (χ4n) is 4.15. The van der Waals surface area contributed by atoms with E-state index in [2.05, 4.69) is 26.7 Å². The SMILES string of the molecule is CSCC(NC(=O)c1c(C)cccc1Cl)C1=CC1.Cc1nc(CN(N)/C=C(\C(C)C(F)(F)C(F)(F)F)C(F)(F)C(F)(F)F)ncc1NC=O. The highest BCUT2D eigenvalue weighted by Gasteiger charge is 2.68. The second-order valence-electron chi connectivity index (χ2n) is 10.6. The summed E-state index contributed by atoms with van der Waals surface area (Å²) in [4.78, 5) is 30.1. The Hall–Kier alpha value is -3.58. The lowest BCUT2D eigenvalue weighted by Crippen LogP contribution is -2.50. The zero-order valence-corrected chi connectivity index (χ0v) is 27.7. The molecular weight excluding hydrogens is 722 g/mol. The summed E-state index contributed by atoms with van der Waals surface area (Å²) in [7, 11) is 0. The summed E-state index contributed by atoms with van der Waals surface area (Å²) < 4.78 is 131. The first-order chi connectivity index (χ1) is 22.5. The van der Waals surface area contributed by atoms with E-state index >= 15 is 0 Å². The molecule has 2 amide bonds. The Balaban J connectivity index is 0.000000389. The Morgan fingerprint density at radius 3 is 2.18 bits per heavy atom. The molecule has 4 N–H and O–H groups in total. The summed E-state index contributed by atoms with van der Waals surface area (Å²) in [5.41, 5.74) is 0.440. The van der Waals surface area contributed by atoms with E-state index in [9.17, 15) is 53.5 Å². The van der Waals surface area contributed by atoms with Gasteiger partial charge in [-0.15, -0.1) is 0 Å². The molecule has 20 heteroatoms. The number of aromatic nitrogens is 2. The van der Waals surface area contributed by atoms with Gasteiger partial charge in [-0.25, -0.2) is 15.8 Å². The molecule has 0 saturated carbocycles. The van der Waals surface area contributed by atoms with E-state index in [1.54, 1.807) is 17.8 Å². The maximum Gasteiger partial charge on any atom is 0.457 e. The highest BCUT2D eigenvalue weighted by molar-refractivity contribution is 7.98. The number of alkyl halides is 10. The predicted molar refractivity (Wildman–Crippen MR) is 164 cm³/mol. The lowest BCUT2D eigenvalue weighted by molar-refractivity contribution is -0.308. The topological polar surface area (TPSA) is 113 Å². The average Bonchev–Trinajstić information content (AvgIpc) is 3.82. The van der Waals surface area contributed by atoms with Gasteiger partial charge in [0.25, 0.3) is 5.91 Å². The maximum atomic E-state index is 13.8. The second kappa shape index (κ2) is 16.4. The van der Waals surface area contributed by atoms with Crippen LogP contribution in [0.3, 0.4) is 0 Å². The van der Waals surface area contributed by atoms with Crippen LogP contribution in [-0.2, 0) is 11.3 Å². The van der Waals surface area contributed by atoms with Gasteiger partial charge in [-0.05, 0) is 43.7 Å². The normalized spacial score (nSPS) is 14.9. The zero-order chi connectivity index (χ0) is 37.5. The van der Waals surface area contributed by atoms with E-state index in [1.807, 2.05) is 25.3 Å². The van der Waals surface area contributed by atoms with Gasteiger partial charge < -0.3 is 15.6 Å². The van der Waals surface area contributed by atoms with Crippen LogP contribution in [0.1, 0.15) is 40.8 Å². The number of rotatable bonds is 13. The van der Waals surface area contributed by atoms with Crippen molar-refractivity contribution in [2.45, 2.75) is 64.0 Å². The number of halogens is 11. The molecule has 2 atom stereocenters. The Morgan fingerprint density at radius 1 is 1.10 bits per heavy atom. The highest BCUT2D eigenvalue weighted by Crippen LogP contribution is 2.51. The Kier molecular flexibility index (Phi) is 13.9. The second-order valence-corrected chi connectivity index (χ2v) is 11.9. The van der Waals surface area contributed by atoms with Crippen LogP contribution in [0.15, 0.2) is 47.8 Å². The first kappa shape index (κ1) is 41.6. The van der Waals surface area contributed by atoms with Crippen molar-refractivity contribution in [3.63, 3.8) is 0 Å². The number of allylic oxidation sites excluding steroid dienone is 2. The van der Waals surface area contributed by atoms with Gasteiger partial charge in [0, 0.05) is 17.5 Å². The van der Waals surface area contributed by atoms with Gasteiger partial charge in [0.2, 0.25) is 6.41 Å². The van der Waals surface area contributed by atoms with Crippen LogP contribution in [0, 0.1) is 19.8 Å². The lowest BCUT2D eigenvalue weighted by atomic mass is 9.89. The van der Waals surface area contributed by atoms with Gasteiger partial charge >= 0.3 is 24.2 Å². The third-order valence-electron chi connectivity index (χ3n) is 6.95. The standard InChI is InChI=1S/C15H15F10N5O.C14H16ClNOS/c1-7(12(16,17)14(20,21)22)9(13(18,19)15(23,24)25)4-30(26)5-11-27-3-10(28-6-31)8(2)29-11;1-9-4-3-5-11(15)13(9)14(17)16-12(8-18-2)10-6-7-10/h3-4,6-7H,5,26H2,1-2H3,(H,28,31);3-6,12H,7-8H2,1-2H3,(H,16,17)/b9-4+;. The molecule has 0 saturated heterocycles. The van der Waals surface area contributed by atoms with E-state index in [0.717, 1.165) is 23.9 Å². The number of thioether (sulfide) groups is 1. The quantitative estimate of drug-likeness (QED) is 0.0644. The number of hydrogen-bond donors (Lipinski definition) is 3. The number of hydrogen-bond acceptors (Lipinski definition) is 7. The number of nitrogens with two attached hydrogens (primary N) is 1. The van der Waals surface area contributed by atoms with E-state index in [1.165, 1.54) is 12.5 Å². The van der Waals surface area contributed by atoms with Gasteiger partial charge in [-0.3, -0.25) is 9.59 Å². The summed E-state index contributed by atoms with van der Waals surface area (Å²) >= 11 is 7.83. The van der Waals surface area contributed by atoms with E-state index < -0.39 is 42.2 Å². The summed E-state index contributed by atoms with van der Waals surface area (Å²) in [5, 5.41) is 5.79. The number of benzene rings is 1. The number of anilines is 1. The largest absolute Gasteiger partial charge is 0.457 e. The average molecular weight is 753 g/mol. The molecule has 0 radical (unpaired) electrons. The van der Waals surface area contributed by atoms with Gasteiger partial charge in [0.1, 0.15) is 5.82 Å². The molecule has 272 valence electrons. The van der Waals surface area contributed by atoms with Crippen LogP contribution in [0.5, 0.6) is 0 Å². The van der Waals surface area contributed by atoms with Crippen molar-refractivity contribution in [2.24, 2.45) is 11.8 Å². The van der Waals surface area contributed by atoms with Crippen LogP contribution in [0.25, 0.3) is 0 Å². The van der Waals surface area contributed by atoms with Crippen molar-refractivity contribution >= 4 is 41.4 Å². The Bertz CT molecular complexity index is 1530. The van der Waals surface area contributed by atoms with E-state index in [4.69, 9.17) is 17.4 Å². The van der Waals surface area contributed by atoms with Crippen molar-refractivity contribution in [3.05, 3.63) is 75.5 Å². The molecule has 1 aliphatic carbocycles. The fraction of sp³-hybridized carbons (Fsp3) is 0.448. The summed E-state index contributed by atoms with van der Waals surface area (Å²) in [6, 6.07) is 5.66. The van der Waals surface area contributed by atoms with Crippen LogP contribution in [-0.4, -0.2) is 69.5 Å². The number of nitrogens with one attached hydrogen (secondary N) is 2. The minimum absolute atomic E-state index is 0.0134. The minimum atomic E-state index is -6.48. The molecule has 8 nitrogen and oxygen atoms in total. The first-order valence-electron chi connectivity index (χ1n) is 13.9. The van der Waals surface area contributed by atoms with Crippen molar-refractivity contribution in [1.29, 1.82) is 0 Å². The van der Waals surface area contributed by atoms with Crippen LogP contribution in [0.4, 0.5) is 49.6 Å². The molecule has 1 aromatic carbocycles. The number of nitrogens with zero attached hydrogens (tertiary/aromatic N) is 3. The molecule has 49 heavy (non-hydrogen) atoms.